The standard InChI is InChI=1S/C24H24FN7O2S/c1-12-10-26-21-20-14-3-6-18(28-15(14)4-5-16(20)35-22(21)23(33)27-12)30-19-9-17(25)29-24(31-19)34-13-7-8-32(2)11-13/h3-6,9,12-13,26H,7-8,10-11H2,1-2H3,(H,27,33)(H,28,29,30,31)/t12?,13-/m1/s1. The Morgan fingerprint density at radius 3 is 2.91 bits per heavy atom. The molecular weight excluding hydrogens is 469 g/mol. The van der Waals surface area contributed by atoms with Crippen molar-refractivity contribution >= 4 is 55.6 Å². The van der Waals surface area contributed by atoms with Gasteiger partial charge in [0, 0.05) is 47.2 Å². The molecule has 2 aliphatic heterocycles. The highest BCUT2D eigenvalue weighted by atomic mass is 32.1. The molecule has 4 aromatic rings. The third-order valence-corrected chi connectivity index (χ3v) is 7.40. The number of hydrogen-bond donors (Lipinski definition) is 3. The number of rotatable bonds is 4. The molecule has 2 aliphatic rings. The number of aromatic nitrogens is 3. The first-order chi connectivity index (χ1) is 16.9. The number of amides is 1. The number of pyridine rings is 1. The maximum absolute atomic E-state index is 14.2. The van der Waals surface area contributed by atoms with E-state index in [-0.39, 0.29) is 29.9 Å². The summed E-state index contributed by atoms with van der Waals surface area (Å²) in [6, 6.07) is 8.93. The van der Waals surface area contributed by atoms with E-state index >= 15 is 0 Å². The number of halogens is 1. The number of likely N-dealkylation sites (N-methyl/N-ethyl adjacent to an activating group) is 1. The topological polar surface area (TPSA) is 104 Å². The summed E-state index contributed by atoms with van der Waals surface area (Å²) in [6.45, 7) is 4.30. The van der Waals surface area contributed by atoms with Crippen molar-refractivity contribution in [2.75, 3.05) is 37.3 Å². The van der Waals surface area contributed by atoms with Gasteiger partial charge in [-0.2, -0.15) is 14.4 Å². The van der Waals surface area contributed by atoms with Gasteiger partial charge in [0.2, 0.25) is 5.95 Å². The number of benzene rings is 1. The van der Waals surface area contributed by atoms with E-state index in [2.05, 4.69) is 30.8 Å². The molecule has 180 valence electrons. The van der Waals surface area contributed by atoms with Gasteiger partial charge in [-0.05, 0) is 44.7 Å². The summed E-state index contributed by atoms with van der Waals surface area (Å²) >= 11 is 1.47. The largest absolute Gasteiger partial charge is 0.459 e. The Morgan fingerprint density at radius 2 is 2.09 bits per heavy atom. The number of carbonyl (C=O) groups excluding carboxylic acids is 1. The summed E-state index contributed by atoms with van der Waals surface area (Å²) in [4.78, 5) is 28.3. The second kappa shape index (κ2) is 8.58. The van der Waals surface area contributed by atoms with Crippen molar-refractivity contribution in [2.45, 2.75) is 25.5 Å². The van der Waals surface area contributed by atoms with Gasteiger partial charge in [-0.15, -0.1) is 11.3 Å². The second-order valence-corrected chi connectivity index (χ2v) is 10.1. The summed E-state index contributed by atoms with van der Waals surface area (Å²) in [5.41, 5.74) is 1.60. The fraction of sp³-hybridized carbons (Fsp3) is 0.333. The molecule has 3 aromatic heterocycles. The average Bonchev–Trinajstić information content (AvgIpc) is 3.36. The molecule has 1 fully saturated rings. The van der Waals surface area contributed by atoms with Crippen molar-refractivity contribution in [2.24, 2.45) is 0 Å². The van der Waals surface area contributed by atoms with Gasteiger partial charge in [0.25, 0.3) is 5.91 Å². The maximum atomic E-state index is 14.2. The minimum Gasteiger partial charge on any atom is -0.459 e. The quantitative estimate of drug-likeness (QED) is 0.370. The van der Waals surface area contributed by atoms with Crippen LogP contribution in [-0.2, 0) is 0 Å². The summed E-state index contributed by atoms with van der Waals surface area (Å²) < 4.78 is 21.0. The molecule has 0 radical (unpaired) electrons. The molecule has 1 aromatic carbocycles. The van der Waals surface area contributed by atoms with E-state index in [1.165, 1.54) is 17.4 Å². The van der Waals surface area contributed by atoms with Gasteiger partial charge < -0.3 is 25.6 Å². The Labute approximate surface area is 204 Å². The first-order valence-corrected chi connectivity index (χ1v) is 12.3. The molecule has 6 rings (SSSR count). The van der Waals surface area contributed by atoms with Crippen molar-refractivity contribution in [3.05, 3.63) is 41.2 Å². The van der Waals surface area contributed by atoms with E-state index in [9.17, 15) is 9.18 Å². The van der Waals surface area contributed by atoms with E-state index < -0.39 is 5.95 Å². The molecular formula is C24H24FN7O2S. The molecule has 1 unspecified atom stereocenters. The second-order valence-electron chi connectivity index (χ2n) is 9.04. The lowest BCUT2D eigenvalue weighted by Crippen LogP contribution is -2.34. The minimum absolute atomic E-state index is 0.00911. The Bertz CT molecular complexity index is 1460. The Kier molecular flexibility index (Phi) is 5.37. The Balaban J connectivity index is 1.31. The molecule has 2 atom stereocenters. The number of anilines is 3. The average molecular weight is 494 g/mol. The van der Waals surface area contributed by atoms with E-state index in [4.69, 9.17) is 9.72 Å². The van der Waals surface area contributed by atoms with Crippen LogP contribution in [-0.4, -0.2) is 64.6 Å². The van der Waals surface area contributed by atoms with Gasteiger partial charge >= 0.3 is 6.01 Å². The SMILES string of the molecule is CC1CNc2c(sc3ccc4nc(Nc5cc(F)nc(O[C@@H]6CCN(C)C6)n5)ccc4c23)C(=O)N1. The number of thiophene rings is 1. The van der Waals surface area contributed by atoms with Gasteiger partial charge in [-0.3, -0.25) is 4.79 Å². The van der Waals surface area contributed by atoms with Gasteiger partial charge in [-0.25, -0.2) is 4.98 Å². The highest BCUT2D eigenvalue weighted by molar-refractivity contribution is 7.21. The monoisotopic (exact) mass is 493 g/mol. The minimum atomic E-state index is -0.675. The number of ether oxygens (including phenoxy) is 1. The van der Waals surface area contributed by atoms with Gasteiger partial charge in [0.1, 0.15) is 22.6 Å². The third-order valence-electron chi connectivity index (χ3n) is 6.24. The van der Waals surface area contributed by atoms with Gasteiger partial charge in [0.15, 0.2) is 0 Å². The highest BCUT2D eigenvalue weighted by Gasteiger charge is 2.25. The van der Waals surface area contributed by atoms with Crippen molar-refractivity contribution in [1.82, 2.24) is 25.2 Å². The van der Waals surface area contributed by atoms with Crippen LogP contribution in [0.1, 0.15) is 23.0 Å². The van der Waals surface area contributed by atoms with Crippen LogP contribution in [0.25, 0.3) is 21.0 Å². The first-order valence-electron chi connectivity index (χ1n) is 11.5. The fourth-order valence-corrected chi connectivity index (χ4v) is 5.68. The van der Waals surface area contributed by atoms with Crippen molar-refractivity contribution < 1.29 is 13.9 Å². The van der Waals surface area contributed by atoms with Crippen molar-refractivity contribution in [3.63, 3.8) is 0 Å². The lowest BCUT2D eigenvalue weighted by Gasteiger charge is -2.13. The van der Waals surface area contributed by atoms with Crippen molar-refractivity contribution in [1.29, 1.82) is 0 Å². The molecule has 11 heteroatoms. The molecule has 0 saturated carbocycles. The first kappa shape index (κ1) is 21.9. The highest BCUT2D eigenvalue weighted by Crippen LogP contribution is 2.41. The lowest BCUT2D eigenvalue weighted by molar-refractivity contribution is 0.0949. The van der Waals surface area contributed by atoms with E-state index in [0.717, 1.165) is 46.2 Å². The molecule has 1 amide bonds. The number of carbonyl (C=O) groups is 1. The van der Waals surface area contributed by atoms with Crippen LogP contribution in [0.15, 0.2) is 30.3 Å². The molecule has 5 heterocycles. The van der Waals surface area contributed by atoms with Crippen molar-refractivity contribution in [3.8, 4) is 6.01 Å². The molecule has 35 heavy (non-hydrogen) atoms. The molecule has 1 saturated heterocycles. The number of hydrogen-bond acceptors (Lipinski definition) is 9. The fourth-order valence-electron chi connectivity index (χ4n) is 4.58. The number of nitrogens with zero attached hydrogens (tertiary/aromatic N) is 4. The number of nitrogens with one attached hydrogen (secondary N) is 3. The van der Waals surface area contributed by atoms with E-state index in [1.807, 2.05) is 38.2 Å². The molecule has 9 nitrogen and oxygen atoms in total. The zero-order valence-electron chi connectivity index (χ0n) is 19.3. The maximum Gasteiger partial charge on any atom is 0.321 e. The summed E-state index contributed by atoms with van der Waals surface area (Å²) in [5.74, 6) is 0.0442. The predicted molar refractivity (Wildman–Crippen MR) is 134 cm³/mol. The van der Waals surface area contributed by atoms with E-state index in [1.54, 1.807) is 0 Å². The van der Waals surface area contributed by atoms with E-state index in [0.29, 0.717) is 17.2 Å². The van der Waals surface area contributed by atoms with Gasteiger partial charge in [-0.1, -0.05) is 0 Å². The van der Waals surface area contributed by atoms with Crippen LogP contribution in [0.2, 0.25) is 0 Å². The molecule has 0 spiro atoms. The third kappa shape index (κ3) is 4.21. The lowest BCUT2D eigenvalue weighted by atomic mass is 10.1. The van der Waals surface area contributed by atoms with Crippen LogP contribution in [0, 0.1) is 5.95 Å². The summed E-state index contributed by atoms with van der Waals surface area (Å²) in [5, 5.41) is 11.4. The molecule has 0 aliphatic carbocycles. The summed E-state index contributed by atoms with van der Waals surface area (Å²) in [7, 11) is 2.01. The zero-order valence-corrected chi connectivity index (χ0v) is 20.1. The van der Waals surface area contributed by atoms with Crippen LogP contribution in [0.4, 0.5) is 21.7 Å². The smallest absolute Gasteiger partial charge is 0.321 e. The molecule has 3 N–H and O–H groups in total. The Morgan fingerprint density at radius 1 is 1.20 bits per heavy atom. The van der Waals surface area contributed by atoms with Crippen LogP contribution in [0.5, 0.6) is 6.01 Å². The number of likely N-dealkylation sites (tertiary alicyclic amines) is 1. The number of fused-ring (bicyclic) bond motifs is 5. The normalized spacial score (nSPS) is 20.4. The molecule has 0 bridgehead atoms. The van der Waals surface area contributed by atoms with Gasteiger partial charge in [0.05, 0.1) is 11.2 Å². The van der Waals surface area contributed by atoms with Crippen LogP contribution >= 0.6 is 11.3 Å². The predicted octanol–water partition coefficient (Wildman–Crippen LogP) is 3.75. The van der Waals surface area contributed by atoms with Crippen LogP contribution in [0.3, 0.4) is 0 Å². The Hall–Kier alpha value is -3.57. The zero-order chi connectivity index (χ0) is 24.1. The van der Waals surface area contributed by atoms with Crippen LogP contribution < -0.4 is 20.7 Å². The summed E-state index contributed by atoms with van der Waals surface area (Å²) in [6.07, 6.45) is 0.789.